The highest BCUT2D eigenvalue weighted by atomic mass is 32.1. The predicted octanol–water partition coefficient (Wildman–Crippen LogP) is 5.21. The Labute approximate surface area is 187 Å². The minimum atomic E-state index is -0.219. The number of hydrogen-bond acceptors (Lipinski definition) is 3. The fraction of sp³-hybridized carbons (Fsp3) is 0.280. The zero-order valence-electron chi connectivity index (χ0n) is 17.6. The third kappa shape index (κ3) is 5.33. The zero-order chi connectivity index (χ0) is 21.6. The van der Waals surface area contributed by atoms with Crippen molar-refractivity contribution < 1.29 is 9.59 Å². The number of nitrogens with one attached hydrogen (secondary N) is 2. The van der Waals surface area contributed by atoms with E-state index in [2.05, 4.69) is 47.9 Å². The summed E-state index contributed by atoms with van der Waals surface area (Å²) < 4.78 is 0. The quantitative estimate of drug-likeness (QED) is 0.580. The number of piperidine rings is 1. The highest BCUT2D eigenvalue weighted by Crippen LogP contribution is 2.28. The van der Waals surface area contributed by atoms with Crippen LogP contribution in [0.4, 0.5) is 10.5 Å². The van der Waals surface area contributed by atoms with Crippen molar-refractivity contribution in [3.05, 3.63) is 88.1 Å². The second-order valence-corrected chi connectivity index (χ2v) is 8.93. The molecule has 0 bridgehead atoms. The van der Waals surface area contributed by atoms with Crippen LogP contribution in [0, 0.1) is 12.8 Å². The molecule has 2 atom stereocenters. The lowest BCUT2D eigenvalue weighted by molar-refractivity contribution is -0.126. The number of carbonyl (C=O) groups excluding carboxylic acids is 2. The summed E-state index contributed by atoms with van der Waals surface area (Å²) in [7, 11) is 0. The standard InChI is InChI=1S/C25H27N3O2S/c1-18-11-13-19(14-12-18)23(22-10-6-16-31-22)27-24(29)20-7-5-15-28(17-20)25(30)26-21-8-3-2-4-9-21/h2-4,6,8-14,16,20,23H,5,7,15,17H2,1H3,(H,26,30)(H,27,29)/t20-,23+/m0/s1. The SMILES string of the molecule is Cc1ccc([C@@H](NC(=O)[C@H]2CCCN(C(=O)Nc3ccccc3)C2)c2cccs2)cc1. The number of urea groups is 1. The molecule has 31 heavy (non-hydrogen) atoms. The van der Waals surface area contributed by atoms with E-state index in [0.29, 0.717) is 13.1 Å². The number of anilines is 1. The van der Waals surface area contributed by atoms with Crippen molar-refractivity contribution in [3.8, 4) is 0 Å². The molecule has 160 valence electrons. The molecule has 1 aliphatic rings. The average Bonchev–Trinajstić information content (AvgIpc) is 3.33. The van der Waals surface area contributed by atoms with Gasteiger partial charge in [0.1, 0.15) is 0 Å². The number of likely N-dealkylation sites (tertiary alicyclic amines) is 1. The van der Waals surface area contributed by atoms with Gasteiger partial charge in [0, 0.05) is 23.7 Å². The number of rotatable bonds is 5. The van der Waals surface area contributed by atoms with E-state index in [1.807, 2.05) is 41.8 Å². The number of nitrogens with zero attached hydrogens (tertiary/aromatic N) is 1. The van der Waals surface area contributed by atoms with Crippen LogP contribution in [0.25, 0.3) is 0 Å². The molecule has 1 fully saturated rings. The van der Waals surface area contributed by atoms with Gasteiger partial charge in [0.15, 0.2) is 0 Å². The highest BCUT2D eigenvalue weighted by Gasteiger charge is 2.30. The third-order valence-corrected chi connectivity index (χ3v) is 6.57. The Kier molecular flexibility index (Phi) is 6.67. The first-order valence-corrected chi connectivity index (χ1v) is 11.5. The van der Waals surface area contributed by atoms with E-state index in [1.54, 1.807) is 16.2 Å². The molecular formula is C25H27N3O2S. The Balaban J connectivity index is 1.43. The molecule has 2 heterocycles. The lowest BCUT2D eigenvalue weighted by Gasteiger charge is -2.33. The van der Waals surface area contributed by atoms with Crippen LogP contribution >= 0.6 is 11.3 Å². The van der Waals surface area contributed by atoms with Gasteiger partial charge in [-0.15, -0.1) is 11.3 Å². The number of para-hydroxylation sites is 1. The van der Waals surface area contributed by atoms with E-state index in [0.717, 1.165) is 29.0 Å². The van der Waals surface area contributed by atoms with Gasteiger partial charge in [-0.25, -0.2) is 4.79 Å². The molecule has 0 saturated carbocycles. The molecule has 0 unspecified atom stereocenters. The van der Waals surface area contributed by atoms with Crippen LogP contribution in [-0.2, 0) is 4.79 Å². The van der Waals surface area contributed by atoms with E-state index in [4.69, 9.17) is 0 Å². The monoisotopic (exact) mass is 433 g/mol. The summed E-state index contributed by atoms with van der Waals surface area (Å²) in [6.07, 6.45) is 1.60. The minimum absolute atomic E-state index is 0.00353. The maximum atomic E-state index is 13.2. The second-order valence-electron chi connectivity index (χ2n) is 7.95. The fourth-order valence-corrected chi connectivity index (χ4v) is 4.70. The molecule has 0 radical (unpaired) electrons. The molecule has 6 heteroatoms. The fourth-order valence-electron chi connectivity index (χ4n) is 3.89. The van der Waals surface area contributed by atoms with Gasteiger partial charge in [-0.3, -0.25) is 4.79 Å². The molecule has 1 saturated heterocycles. The van der Waals surface area contributed by atoms with E-state index in [-0.39, 0.29) is 23.9 Å². The first kappa shape index (κ1) is 21.1. The molecule has 3 amide bonds. The van der Waals surface area contributed by atoms with Crippen molar-refractivity contribution in [2.24, 2.45) is 5.92 Å². The molecule has 2 aromatic carbocycles. The molecule has 2 N–H and O–H groups in total. The highest BCUT2D eigenvalue weighted by molar-refractivity contribution is 7.10. The number of thiophene rings is 1. The second kappa shape index (κ2) is 9.79. The summed E-state index contributed by atoms with van der Waals surface area (Å²) in [5, 5.41) is 8.20. The van der Waals surface area contributed by atoms with Crippen LogP contribution in [-0.4, -0.2) is 29.9 Å². The van der Waals surface area contributed by atoms with E-state index >= 15 is 0 Å². The number of aryl methyl sites for hydroxylation is 1. The summed E-state index contributed by atoms with van der Waals surface area (Å²) >= 11 is 1.64. The normalized spacial score (nSPS) is 17.1. The van der Waals surface area contributed by atoms with Crippen molar-refractivity contribution in [2.75, 3.05) is 18.4 Å². The topological polar surface area (TPSA) is 61.4 Å². The van der Waals surface area contributed by atoms with E-state index in [9.17, 15) is 9.59 Å². The van der Waals surface area contributed by atoms with Gasteiger partial charge in [-0.05, 0) is 48.9 Å². The van der Waals surface area contributed by atoms with Crippen LogP contribution in [0.1, 0.15) is 34.9 Å². The summed E-state index contributed by atoms with van der Waals surface area (Å²) in [6.45, 7) is 3.14. The number of hydrogen-bond donors (Lipinski definition) is 2. The van der Waals surface area contributed by atoms with Crippen LogP contribution in [0.5, 0.6) is 0 Å². The molecule has 1 aliphatic heterocycles. The lowest BCUT2D eigenvalue weighted by atomic mass is 9.96. The Morgan fingerprint density at radius 1 is 1.03 bits per heavy atom. The predicted molar refractivity (Wildman–Crippen MR) is 125 cm³/mol. The van der Waals surface area contributed by atoms with Gasteiger partial charge >= 0.3 is 6.03 Å². The minimum Gasteiger partial charge on any atom is -0.344 e. The van der Waals surface area contributed by atoms with Crippen molar-refractivity contribution in [3.63, 3.8) is 0 Å². The Hall–Kier alpha value is -3.12. The van der Waals surface area contributed by atoms with E-state index in [1.165, 1.54) is 5.56 Å². The summed E-state index contributed by atoms with van der Waals surface area (Å²) in [4.78, 5) is 28.7. The van der Waals surface area contributed by atoms with E-state index < -0.39 is 0 Å². The molecule has 0 spiro atoms. The summed E-state index contributed by atoms with van der Waals surface area (Å²) in [6, 6.07) is 21.4. The number of benzene rings is 2. The largest absolute Gasteiger partial charge is 0.344 e. The van der Waals surface area contributed by atoms with Gasteiger partial charge in [-0.1, -0.05) is 54.1 Å². The van der Waals surface area contributed by atoms with Gasteiger partial charge < -0.3 is 15.5 Å². The van der Waals surface area contributed by atoms with Crippen molar-refractivity contribution in [1.82, 2.24) is 10.2 Å². The Bertz CT molecular complexity index is 1000. The Morgan fingerprint density at radius 2 is 1.81 bits per heavy atom. The first-order valence-electron chi connectivity index (χ1n) is 10.6. The molecular weight excluding hydrogens is 406 g/mol. The van der Waals surface area contributed by atoms with Crippen molar-refractivity contribution >= 4 is 29.0 Å². The molecule has 5 nitrogen and oxygen atoms in total. The Morgan fingerprint density at radius 3 is 2.52 bits per heavy atom. The molecule has 1 aromatic heterocycles. The van der Waals surface area contributed by atoms with Crippen LogP contribution in [0.3, 0.4) is 0 Å². The van der Waals surface area contributed by atoms with Gasteiger partial charge in [0.25, 0.3) is 0 Å². The van der Waals surface area contributed by atoms with Gasteiger partial charge in [0.05, 0.1) is 12.0 Å². The molecule has 3 aromatic rings. The van der Waals surface area contributed by atoms with Crippen LogP contribution in [0.2, 0.25) is 0 Å². The first-order chi connectivity index (χ1) is 15.1. The third-order valence-electron chi connectivity index (χ3n) is 5.63. The van der Waals surface area contributed by atoms with Gasteiger partial charge in [0.2, 0.25) is 5.91 Å². The molecule has 4 rings (SSSR count). The zero-order valence-corrected chi connectivity index (χ0v) is 18.4. The van der Waals surface area contributed by atoms with Crippen molar-refractivity contribution in [2.45, 2.75) is 25.8 Å². The number of carbonyl (C=O) groups is 2. The van der Waals surface area contributed by atoms with Crippen molar-refractivity contribution in [1.29, 1.82) is 0 Å². The number of amides is 3. The van der Waals surface area contributed by atoms with Crippen LogP contribution in [0.15, 0.2) is 72.1 Å². The maximum Gasteiger partial charge on any atom is 0.321 e. The summed E-state index contributed by atoms with van der Waals surface area (Å²) in [5.74, 6) is -0.223. The average molecular weight is 434 g/mol. The van der Waals surface area contributed by atoms with Crippen LogP contribution < -0.4 is 10.6 Å². The lowest BCUT2D eigenvalue weighted by Crippen LogP contribution is -2.47. The summed E-state index contributed by atoms with van der Waals surface area (Å²) in [5.41, 5.74) is 3.01. The van der Waals surface area contributed by atoms with Gasteiger partial charge in [-0.2, -0.15) is 0 Å². The maximum absolute atomic E-state index is 13.2. The smallest absolute Gasteiger partial charge is 0.321 e. The molecule has 0 aliphatic carbocycles.